The molecule has 0 spiro atoms. The maximum Gasteiger partial charge on any atom is 0.328 e. The number of benzene rings is 1. The van der Waals surface area contributed by atoms with Gasteiger partial charge in [-0.3, -0.25) is 14.5 Å². The third-order valence-electron chi connectivity index (χ3n) is 3.62. The van der Waals surface area contributed by atoms with Crippen LogP contribution in [0.15, 0.2) is 23.0 Å². The van der Waals surface area contributed by atoms with Crippen molar-refractivity contribution in [2.75, 3.05) is 12.4 Å². The van der Waals surface area contributed by atoms with E-state index in [0.717, 1.165) is 11.3 Å². The second-order valence-corrected chi connectivity index (χ2v) is 5.98. The van der Waals surface area contributed by atoms with Gasteiger partial charge in [-0.25, -0.2) is 9.78 Å². The van der Waals surface area contributed by atoms with Crippen LogP contribution in [0.25, 0.3) is 10.9 Å². The van der Waals surface area contributed by atoms with Crippen LogP contribution >= 0.6 is 0 Å². The number of rotatable bonds is 4. The molecular weight excluding hydrogens is 308 g/mol. The Hall–Kier alpha value is -2.70. The first-order valence-corrected chi connectivity index (χ1v) is 7.95. The fraction of sp³-hybridized carbons (Fsp3) is 0.412. The highest BCUT2D eigenvalue weighted by atomic mass is 16.2. The summed E-state index contributed by atoms with van der Waals surface area (Å²) >= 11 is 0. The minimum absolute atomic E-state index is 0.244. The van der Waals surface area contributed by atoms with E-state index in [1.54, 1.807) is 32.0 Å². The number of nitrogens with zero attached hydrogens (tertiary/aromatic N) is 2. The van der Waals surface area contributed by atoms with Gasteiger partial charge in [-0.2, -0.15) is 0 Å². The maximum absolute atomic E-state index is 12.2. The van der Waals surface area contributed by atoms with Gasteiger partial charge in [-0.05, 0) is 24.6 Å². The summed E-state index contributed by atoms with van der Waals surface area (Å²) in [6.07, 6.45) is 1.59. The Morgan fingerprint density at radius 2 is 2.04 bits per heavy atom. The minimum atomic E-state index is -0.542. The standard InChI is InChI=1S/C17H22N4O3/c1-5-6-14-19-13-8-7-11(9-12(13)15(22)20-14)18-17(24)21(4)16(23)10(2)3/h7-10H,5-6H2,1-4H3,(H,18,24)(H,19,20,22). The lowest BCUT2D eigenvalue weighted by molar-refractivity contribution is -0.130. The number of aromatic amines is 1. The number of carbonyl (C=O) groups is 2. The summed E-state index contributed by atoms with van der Waals surface area (Å²) in [5, 5.41) is 3.02. The van der Waals surface area contributed by atoms with E-state index >= 15 is 0 Å². The summed E-state index contributed by atoms with van der Waals surface area (Å²) < 4.78 is 0. The number of carbonyl (C=O) groups excluding carboxylic acids is 2. The highest BCUT2D eigenvalue weighted by molar-refractivity contribution is 6.02. The summed E-state index contributed by atoms with van der Waals surface area (Å²) in [5.41, 5.74) is 0.768. The first-order chi connectivity index (χ1) is 11.3. The van der Waals surface area contributed by atoms with Crippen molar-refractivity contribution in [3.05, 3.63) is 34.4 Å². The Labute approximate surface area is 140 Å². The van der Waals surface area contributed by atoms with E-state index in [1.807, 2.05) is 6.92 Å². The number of amides is 3. The Balaban J connectivity index is 2.26. The van der Waals surface area contributed by atoms with Crippen molar-refractivity contribution < 1.29 is 9.59 Å². The molecule has 128 valence electrons. The number of hydrogen-bond acceptors (Lipinski definition) is 4. The van der Waals surface area contributed by atoms with Crippen LogP contribution in [0.4, 0.5) is 10.5 Å². The van der Waals surface area contributed by atoms with Crippen LogP contribution in [-0.4, -0.2) is 33.9 Å². The van der Waals surface area contributed by atoms with Crippen LogP contribution in [0.5, 0.6) is 0 Å². The molecule has 0 fully saturated rings. The summed E-state index contributed by atoms with van der Waals surface area (Å²) in [7, 11) is 1.42. The number of anilines is 1. The van der Waals surface area contributed by atoms with Crippen LogP contribution in [0.1, 0.15) is 33.0 Å². The molecule has 0 bridgehead atoms. The fourth-order valence-corrected chi connectivity index (χ4v) is 2.31. The summed E-state index contributed by atoms with van der Waals surface area (Å²) in [6, 6.07) is 4.36. The number of H-pyrrole nitrogens is 1. The molecule has 3 amide bonds. The van der Waals surface area contributed by atoms with Crippen LogP contribution in [0.2, 0.25) is 0 Å². The lowest BCUT2D eigenvalue weighted by Gasteiger charge is -2.18. The van der Waals surface area contributed by atoms with E-state index in [-0.39, 0.29) is 17.4 Å². The van der Waals surface area contributed by atoms with Crippen LogP contribution < -0.4 is 10.9 Å². The lowest BCUT2D eigenvalue weighted by Crippen LogP contribution is -2.39. The second kappa shape index (κ2) is 7.25. The van der Waals surface area contributed by atoms with E-state index in [9.17, 15) is 14.4 Å². The number of hydrogen-bond donors (Lipinski definition) is 2. The molecule has 0 saturated carbocycles. The van der Waals surface area contributed by atoms with Gasteiger partial charge < -0.3 is 10.3 Å². The van der Waals surface area contributed by atoms with E-state index in [4.69, 9.17) is 0 Å². The first-order valence-electron chi connectivity index (χ1n) is 7.95. The molecule has 7 nitrogen and oxygen atoms in total. The van der Waals surface area contributed by atoms with Gasteiger partial charge in [-0.15, -0.1) is 0 Å². The highest BCUT2D eigenvalue weighted by Gasteiger charge is 2.19. The quantitative estimate of drug-likeness (QED) is 0.900. The van der Waals surface area contributed by atoms with E-state index < -0.39 is 6.03 Å². The average Bonchev–Trinajstić information content (AvgIpc) is 2.54. The third kappa shape index (κ3) is 3.79. The van der Waals surface area contributed by atoms with Gasteiger partial charge in [0.15, 0.2) is 0 Å². The van der Waals surface area contributed by atoms with Crippen molar-refractivity contribution in [2.24, 2.45) is 5.92 Å². The van der Waals surface area contributed by atoms with Crippen molar-refractivity contribution in [1.29, 1.82) is 0 Å². The highest BCUT2D eigenvalue weighted by Crippen LogP contribution is 2.15. The van der Waals surface area contributed by atoms with Crippen LogP contribution in [-0.2, 0) is 11.2 Å². The number of nitrogens with one attached hydrogen (secondary N) is 2. The van der Waals surface area contributed by atoms with Crippen LogP contribution in [0.3, 0.4) is 0 Å². The van der Waals surface area contributed by atoms with Gasteiger partial charge in [0.1, 0.15) is 5.82 Å². The van der Waals surface area contributed by atoms with Crippen molar-refractivity contribution >= 4 is 28.5 Å². The number of aryl methyl sites for hydroxylation is 1. The smallest absolute Gasteiger partial charge is 0.310 e. The van der Waals surface area contributed by atoms with E-state index in [2.05, 4.69) is 15.3 Å². The Kier molecular flexibility index (Phi) is 5.33. The Morgan fingerprint density at radius 1 is 1.33 bits per heavy atom. The molecule has 0 unspecified atom stereocenters. The Bertz CT molecular complexity index is 826. The van der Waals surface area contributed by atoms with Gasteiger partial charge in [0.05, 0.1) is 10.9 Å². The maximum atomic E-state index is 12.2. The molecular formula is C17H22N4O3. The molecule has 7 heteroatoms. The van der Waals surface area contributed by atoms with E-state index in [0.29, 0.717) is 28.8 Å². The van der Waals surface area contributed by atoms with Gasteiger partial charge in [-0.1, -0.05) is 20.8 Å². The minimum Gasteiger partial charge on any atom is -0.310 e. The molecule has 0 radical (unpaired) electrons. The van der Waals surface area contributed by atoms with Gasteiger partial charge >= 0.3 is 6.03 Å². The molecule has 1 aromatic carbocycles. The zero-order chi connectivity index (χ0) is 17.9. The number of fused-ring (bicyclic) bond motifs is 1. The molecule has 0 saturated heterocycles. The molecule has 2 N–H and O–H groups in total. The average molecular weight is 330 g/mol. The van der Waals surface area contributed by atoms with Crippen LogP contribution in [0, 0.1) is 5.92 Å². The van der Waals surface area contributed by atoms with Gasteiger partial charge in [0.2, 0.25) is 5.91 Å². The second-order valence-electron chi connectivity index (χ2n) is 5.98. The number of urea groups is 1. The monoisotopic (exact) mass is 330 g/mol. The van der Waals surface area contributed by atoms with Crippen molar-refractivity contribution in [3.63, 3.8) is 0 Å². The first kappa shape index (κ1) is 17.7. The molecule has 1 heterocycles. The predicted molar refractivity (Wildman–Crippen MR) is 93.0 cm³/mol. The lowest BCUT2D eigenvalue weighted by atomic mass is 10.2. The molecule has 0 aliphatic heterocycles. The fourth-order valence-electron chi connectivity index (χ4n) is 2.31. The summed E-state index contributed by atoms with van der Waals surface area (Å²) in [6.45, 7) is 5.46. The summed E-state index contributed by atoms with van der Waals surface area (Å²) in [5.74, 6) is 0.0902. The normalized spacial score (nSPS) is 10.9. The van der Waals surface area contributed by atoms with Gasteiger partial charge in [0.25, 0.3) is 5.56 Å². The topological polar surface area (TPSA) is 95.2 Å². The number of imide groups is 1. The molecule has 24 heavy (non-hydrogen) atoms. The Morgan fingerprint density at radius 3 is 2.67 bits per heavy atom. The van der Waals surface area contributed by atoms with Crippen molar-refractivity contribution in [3.8, 4) is 0 Å². The predicted octanol–water partition coefficient (Wildman–Crippen LogP) is 2.52. The molecule has 2 rings (SSSR count). The molecule has 0 atom stereocenters. The SMILES string of the molecule is CCCc1nc2ccc(NC(=O)N(C)C(=O)C(C)C)cc2c(=O)[nH]1. The largest absolute Gasteiger partial charge is 0.328 e. The molecule has 1 aromatic heterocycles. The third-order valence-corrected chi connectivity index (χ3v) is 3.62. The molecule has 2 aromatic rings. The zero-order valence-corrected chi connectivity index (χ0v) is 14.3. The molecule has 0 aliphatic carbocycles. The van der Waals surface area contributed by atoms with Crippen molar-refractivity contribution in [2.45, 2.75) is 33.6 Å². The van der Waals surface area contributed by atoms with E-state index in [1.165, 1.54) is 7.05 Å². The summed E-state index contributed by atoms with van der Waals surface area (Å²) in [4.78, 5) is 44.3. The molecule has 0 aliphatic rings. The van der Waals surface area contributed by atoms with Crippen molar-refractivity contribution in [1.82, 2.24) is 14.9 Å². The van der Waals surface area contributed by atoms with Gasteiger partial charge in [0, 0.05) is 25.1 Å². The zero-order valence-electron chi connectivity index (χ0n) is 14.3. The number of aromatic nitrogens is 2.